The second-order valence-electron chi connectivity index (χ2n) is 4.99. The van der Waals surface area contributed by atoms with Crippen molar-refractivity contribution in [3.8, 4) is 5.75 Å². The Morgan fingerprint density at radius 3 is 2.53 bits per heavy atom. The first kappa shape index (κ1) is 15.5. The first-order valence-electron chi connectivity index (χ1n) is 6.31. The predicted octanol–water partition coefficient (Wildman–Crippen LogP) is 1.02. The molecule has 0 aliphatic heterocycles. The third-order valence-corrected chi connectivity index (χ3v) is 3.04. The molecule has 1 amide bonds. The molecule has 5 heteroatoms. The highest BCUT2D eigenvalue weighted by Crippen LogP contribution is 2.27. The minimum atomic E-state index is -0.622. The Morgan fingerprint density at radius 2 is 2.05 bits per heavy atom. The van der Waals surface area contributed by atoms with Crippen molar-refractivity contribution in [1.29, 1.82) is 0 Å². The van der Waals surface area contributed by atoms with Crippen molar-refractivity contribution in [2.45, 2.75) is 32.2 Å². The summed E-state index contributed by atoms with van der Waals surface area (Å²) < 4.78 is 5.33. The number of hydrogen-bond donors (Lipinski definition) is 2. The fourth-order valence-electron chi connectivity index (χ4n) is 1.96. The Hall–Kier alpha value is -1.59. The van der Waals surface area contributed by atoms with Gasteiger partial charge in [-0.3, -0.25) is 9.80 Å². The molecule has 0 radical (unpaired) electrons. The summed E-state index contributed by atoms with van der Waals surface area (Å²) >= 11 is 0. The summed E-state index contributed by atoms with van der Waals surface area (Å²) in [5.74, 6) is 6.32. The Morgan fingerprint density at radius 1 is 1.42 bits per heavy atom. The van der Waals surface area contributed by atoms with E-state index in [1.807, 2.05) is 18.2 Å². The Balaban J connectivity index is 2.91. The average Bonchev–Trinajstić information content (AvgIpc) is 2.37. The van der Waals surface area contributed by atoms with E-state index in [1.165, 1.54) is 7.05 Å². The summed E-state index contributed by atoms with van der Waals surface area (Å²) in [6, 6.07) is 5.25. The lowest BCUT2D eigenvalue weighted by atomic mass is 9.96. The van der Waals surface area contributed by atoms with Gasteiger partial charge in [0, 0.05) is 7.05 Å². The van der Waals surface area contributed by atoms with Crippen LogP contribution in [-0.2, 0) is 11.2 Å². The highest BCUT2D eigenvalue weighted by molar-refractivity contribution is 5.81. The van der Waals surface area contributed by atoms with E-state index in [2.05, 4.69) is 13.8 Å². The molecular formula is C14H23N3O2. The van der Waals surface area contributed by atoms with Gasteiger partial charge in [-0.15, -0.1) is 0 Å². The second-order valence-corrected chi connectivity index (χ2v) is 4.99. The third-order valence-electron chi connectivity index (χ3n) is 3.04. The van der Waals surface area contributed by atoms with Gasteiger partial charge in [-0.1, -0.05) is 26.0 Å². The van der Waals surface area contributed by atoms with E-state index in [-0.39, 0.29) is 5.91 Å². The van der Waals surface area contributed by atoms with E-state index < -0.39 is 6.04 Å². The molecule has 0 aliphatic carbocycles. The average molecular weight is 265 g/mol. The molecule has 1 aromatic carbocycles. The van der Waals surface area contributed by atoms with Crippen LogP contribution in [0, 0.1) is 0 Å². The quantitative estimate of drug-likeness (QED) is 0.473. The van der Waals surface area contributed by atoms with E-state index in [4.69, 9.17) is 16.3 Å². The highest BCUT2D eigenvalue weighted by Gasteiger charge is 2.17. The lowest BCUT2D eigenvalue weighted by Gasteiger charge is -2.18. The van der Waals surface area contributed by atoms with E-state index in [0.717, 1.165) is 21.9 Å². The zero-order chi connectivity index (χ0) is 14.6. The molecule has 1 unspecified atom stereocenters. The first-order valence-corrected chi connectivity index (χ1v) is 6.31. The van der Waals surface area contributed by atoms with E-state index in [0.29, 0.717) is 12.3 Å². The number of amides is 1. The minimum absolute atomic E-state index is 0.276. The van der Waals surface area contributed by atoms with Crippen molar-refractivity contribution >= 4 is 5.91 Å². The molecule has 0 saturated carbocycles. The number of carbonyl (C=O) groups is 1. The number of benzene rings is 1. The molecule has 0 fully saturated rings. The lowest BCUT2D eigenvalue weighted by molar-refractivity contribution is -0.131. The van der Waals surface area contributed by atoms with Gasteiger partial charge < -0.3 is 10.5 Å². The van der Waals surface area contributed by atoms with Crippen molar-refractivity contribution in [2.24, 2.45) is 11.6 Å². The number of nitrogens with two attached hydrogens (primary N) is 2. The van der Waals surface area contributed by atoms with Crippen LogP contribution < -0.4 is 16.3 Å². The Labute approximate surface area is 114 Å². The standard InChI is InChI=1S/C14H23N3O2/c1-9(2)11-7-10(5-6-13(11)19-4)8-12(15)14(18)17(3)16/h5-7,9,12H,8,15-16H2,1-4H3. The van der Waals surface area contributed by atoms with Crippen LogP contribution in [0.1, 0.15) is 30.9 Å². The Bertz CT molecular complexity index is 444. The summed E-state index contributed by atoms with van der Waals surface area (Å²) in [6.07, 6.45) is 0.462. The third kappa shape index (κ3) is 3.94. The maximum absolute atomic E-state index is 11.6. The number of hydrogen-bond acceptors (Lipinski definition) is 4. The molecule has 106 valence electrons. The summed E-state index contributed by atoms with van der Waals surface area (Å²) in [5.41, 5.74) is 7.96. The van der Waals surface area contributed by atoms with Crippen LogP contribution in [0.3, 0.4) is 0 Å². The van der Waals surface area contributed by atoms with Crippen LogP contribution in [-0.4, -0.2) is 31.1 Å². The monoisotopic (exact) mass is 265 g/mol. The molecule has 0 bridgehead atoms. The number of methoxy groups -OCH3 is 1. The zero-order valence-electron chi connectivity index (χ0n) is 12.0. The van der Waals surface area contributed by atoms with Gasteiger partial charge in [0.1, 0.15) is 5.75 Å². The number of hydrazine groups is 1. The maximum atomic E-state index is 11.6. The SMILES string of the molecule is COc1ccc(CC(N)C(=O)N(C)N)cc1C(C)C. The highest BCUT2D eigenvalue weighted by atomic mass is 16.5. The maximum Gasteiger partial charge on any atom is 0.253 e. The van der Waals surface area contributed by atoms with E-state index >= 15 is 0 Å². The van der Waals surface area contributed by atoms with Gasteiger partial charge in [0.2, 0.25) is 0 Å². The van der Waals surface area contributed by atoms with Crippen LogP contribution in [0.25, 0.3) is 0 Å². The molecule has 4 N–H and O–H groups in total. The molecule has 1 atom stereocenters. The largest absolute Gasteiger partial charge is 0.496 e. The van der Waals surface area contributed by atoms with Gasteiger partial charge in [0.25, 0.3) is 5.91 Å². The van der Waals surface area contributed by atoms with Crippen molar-refractivity contribution in [1.82, 2.24) is 5.01 Å². The van der Waals surface area contributed by atoms with Crippen molar-refractivity contribution in [2.75, 3.05) is 14.2 Å². The van der Waals surface area contributed by atoms with Gasteiger partial charge >= 0.3 is 0 Å². The summed E-state index contributed by atoms with van der Waals surface area (Å²) in [5, 5.41) is 1.03. The molecule has 1 rings (SSSR count). The van der Waals surface area contributed by atoms with Crippen LogP contribution >= 0.6 is 0 Å². The molecule has 0 aliphatic rings. The summed E-state index contributed by atoms with van der Waals surface area (Å²) in [7, 11) is 3.15. The molecule has 0 heterocycles. The zero-order valence-corrected chi connectivity index (χ0v) is 12.0. The fraction of sp³-hybridized carbons (Fsp3) is 0.500. The molecule has 0 saturated heterocycles. The number of rotatable bonds is 5. The molecular weight excluding hydrogens is 242 g/mol. The van der Waals surface area contributed by atoms with Crippen LogP contribution in [0.4, 0.5) is 0 Å². The minimum Gasteiger partial charge on any atom is -0.496 e. The number of ether oxygens (including phenoxy) is 1. The van der Waals surface area contributed by atoms with Crippen LogP contribution in [0.5, 0.6) is 5.75 Å². The van der Waals surface area contributed by atoms with Crippen molar-refractivity contribution in [3.05, 3.63) is 29.3 Å². The van der Waals surface area contributed by atoms with E-state index in [1.54, 1.807) is 7.11 Å². The number of carbonyl (C=O) groups excluding carboxylic acids is 1. The van der Waals surface area contributed by atoms with Crippen LogP contribution in [0.2, 0.25) is 0 Å². The van der Waals surface area contributed by atoms with Gasteiger partial charge in [0.15, 0.2) is 0 Å². The van der Waals surface area contributed by atoms with E-state index in [9.17, 15) is 4.79 Å². The first-order chi connectivity index (χ1) is 8.86. The molecule has 19 heavy (non-hydrogen) atoms. The second kappa shape index (κ2) is 6.54. The van der Waals surface area contributed by atoms with Gasteiger partial charge in [-0.05, 0) is 29.5 Å². The topological polar surface area (TPSA) is 81.6 Å². The van der Waals surface area contributed by atoms with Gasteiger partial charge in [-0.25, -0.2) is 5.84 Å². The normalized spacial score (nSPS) is 12.4. The van der Waals surface area contributed by atoms with Crippen LogP contribution in [0.15, 0.2) is 18.2 Å². The predicted molar refractivity (Wildman–Crippen MR) is 75.7 cm³/mol. The fourth-order valence-corrected chi connectivity index (χ4v) is 1.96. The Kier molecular flexibility index (Phi) is 5.32. The number of nitrogens with zero attached hydrogens (tertiary/aromatic N) is 1. The molecule has 0 aromatic heterocycles. The van der Waals surface area contributed by atoms with Gasteiger partial charge in [0.05, 0.1) is 13.2 Å². The molecule has 0 spiro atoms. The molecule has 5 nitrogen and oxygen atoms in total. The van der Waals surface area contributed by atoms with Gasteiger partial charge in [-0.2, -0.15) is 0 Å². The molecule has 1 aromatic rings. The number of likely N-dealkylation sites (N-methyl/N-ethyl adjacent to an activating group) is 1. The summed E-state index contributed by atoms with van der Waals surface area (Å²) in [4.78, 5) is 11.6. The smallest absolute Gasteiger partial charge is 0.253 e. The van der Waals surface area contributed by atoms with Crippen molar-refractivity contribution in [3.63, 3.8) is 0 Å². The summed E-state index contributed by atoms with van der Waals surface area (Å²) in [6.45, 7) is 4.20. The van der Waals surface area contributed by atoms with Crippen molar-refractivity contribution < 1.29 is 9.53 Å². The lowest BCUT2D eigenvalue weighted by Crippen LogP contribution is -2.46.